The molecule has 1 heterocycles. The normalized spacial score (nSPS) is 10.9. The Balaban J connectivity index is 1.79. The van der Waals surface area contributed by atoms with E-state index in [-0.39, 0.29) is 0 Å². The number of nitrogens with one attached hydrogen (secondary N) is 1. The van der Waals surface area contributed by atoms with Crippen LogP contribution in [0.1, 0.15) is 38.4 Å². The summed E-state index contributed by atoms with van der Waals surface area (Å²) in [6.45, 7) is 5.56. The highest BCUT2D eigenvalue weighted by molar-refractivity contribution is 6.30. The number of carbonyl (C=O) groups is 1. The third kappa shape index (κ3) is 4.81. The van der Waals surface area contributed by atoms with Gasteiger partial charge in [0.05, 0.1) is 12.7 Å². The zero-order chi connectivity index (χ0) is 21.0. The van der Waals surface area contributed by atoms with Crippen LogP contribution in [0.3, 0.4) is 0 Å². The number of aromatic carboxylic acids is 1. The number of rotatable bonds is 8. The van der Waals surface area contributed by atoms with E-state index in [1.165, 1.54) is 0 Å². The van der Waals surface area contributed by atoms with Crippen molar-refractivity contribution in [3.8, 4) is 5.75 Å². The molecular formula is C23H25ClN2O3. The molecule has 5 nitrogen and oxygen atoms in total. The van der Waals surface area contributed by atoms with E-state index in [1.54, 1.807) is 7.11 Å². The zero-order valence-electron chi connectivity index (χ0n) is 16.8. The van der Waals surface area contributed by atoms with Gasteiger partial charge in [-0.15, -0.1) is 0 Å². The third-order valence-corrected chi connectivity index (χ3v) is 5.42. The molecule has 29 heavy (non-hydrogen) atoms. The van der Waals surface area contributed by atoms with E-state index in [9.17, 15) is 9.90 Å². The van der Waals surface area contributed by atoms with E-state index in [1.807, 2.05) is 62.4 Å². The van der Waals surface area contributed by atoms with Crippen molar-refractivity contribution in [2.45, 2.75) is 33.5 Å². The predicted octanol–water partition coefficient (Wildman–Crippen LogP) is 4.80. The highest BCUT2D eigenvalue weighted by Gasteiger charge is 2.22. The topological polar surface area (TPSA) is 63.5 Å². The van der Waals surface area contributed by atoms with E-state index in [4.69, 9.17) is 16.3 Å². The van der Waals surface area contributed by atoms with E-state index in [2.05, 4.69) is 9.88 Å². The summed E-state index contributed by atoms with van der Waals surface area (Å²) in [6.07, 6.45) is 0. The molecule has 6 heteroatoms. The number of ether oxygens (including phenoxy) is 1. The number of carboxylic acids is 1. The molecule has 0 fully saturated rings. The van der Waals surface area contributed by atoms with Crippen LogP contribution in [0, 0.1) is 13.8 Å². The van der Waals surface area contributed by atoms with E-state index in [0.29, 0.717) is 30.2 Å². The third-order valence-electron chi connectivity index (χ3n) is 5.17. The second-order valence-electron chi connectivity index (χ2n) is 6.99. The molecule has 3 rings (SSSR count). The van der Waals surface area contributed by atoms with Gasteiger partial charge in [0.2, 0.25) is 0 Å². The average Bonchev–Trinajstić information content (AvgIpc) is 2.94. The van der Waals surface area contributed by atoms with Crippen molar-refractivity contribution in [3.63, 3.8) is 0 Å². The summed E-state index contributed by atoms with van der Waals surface area (Å²) in [6, 6.07) is 15.4. The Morgan fingerprint density at radius 3 is 2.21 bits per heavy atom. The Morgan fingerprint density at radius 2 is 1.62 bits per heavy atom. The van der Waals surface area contributed by atoms with E-state index in [0.717, 1.165) is 33.8 Å². The van der Waals surface area contributed by atoms with Crippen LogP contribution in [0.4, 0.5) is 0 Å². The van der Waals surface area contributed by atoms with Crippen LogP contribution in [0.5, 0.6) is 5.75 Å². The summed E-state index contributed by atoms with van der Waals surface area (Å²) in [7, 11) is 1.64. The number of benzene rings is 2. The quantitative estimate of drug-likeness (QED) is 0.557. The van der Waals surface area contributed by atoms with Gasteiger partial charge in [-0.2, -0.15) is 0 Å². The first-order valence-corrected chi connectivity index (χ1v) is 9.78. The van der Waals surface area contributed by atoms with Crippen LogP contribution in [0.2, 0.25) is 5.02 Å². The van der Waals surface area contributed by atoms with Gasteiger partial charge in [-0.3, -0.25) is 0 Å². The molecule has 0 aliphatic heterocycles. The highest BCUT2D eigenvalue weighted by atomic mass is 35.5. The van der Waals surface area contributed by atoms with Gasteiger partial charge in [0.25, 0.3) is 0 Å². The summed E-state index contributed by atoms with van der Waals surface area (Å²) < 4.78 is 7.23. The molecule has 0 saturated carbocycles. The molecule has 2 N–H and O–H groups in total. The first kappa shape index (κ1) is 21.0. The van der Waals surface area contributed by atoms with Gasteiger partial charge in [0.15, 0.2) is 0 Å². The van der Waals surface area contributed by atoms with Crippen LogP contribution in [-0.4, -0.2) is 22.8 Å². The van der Waals surface area contributed by atoms with Crippen molar-refractivity contribution in [2.24, 2.45) is 0 Å². The summed E-state index contributed by atoms with van der Waals surface area (Å²) in [5.74, 6) is -0.0886. The van der Waals surface area contributed by atoms with Crippen LogP contribution >= 0.6 is 11.6 Å². The Labute approximate surface area is 175 Å². The van der Waals surface area contributed by atoms with Gasteiger partial charge in [-0.05, 0) is 49.2 Å². The van der Waals surface area contributed by atoms with E-state index >= 15 is 0 Å². The molecule has 2 aromatic carbocycles. The van der Waals surface area contributed by atoms with Gasteiger partial charge < -0.3 is 19.7 Å². The van der Waals surface area contributed by atoms with Crippen LogP contribution in [0.15, 0.2) is 48.5 Å². The first-order chi connectivity index (χ1) is 13.9. The zero-order valence-corrected chi connectivity index (χ0v) is 17.6. The van der Waals surface area contributed by atoms with Crippen molar-refractivity contribution < 1.29 is 14.6 Å². The Hall–Kier alpha value is -2.76. The number of hydrogen-bond donors (Lipinski definition) is 2. The molecule has 152 valence electrons. The molecule has 0 atom stereocenters. The van der Waals surface area contributed by atoms with Gasteiger partial charge in [-0.1, -0.05) is 35.9 Å². The lowest BCUT2D eigenvalue weighted by Crippen LogP contribution is -2.15. The number of methoxy groups -OCH3 is 1. The van der Waals surface area contributed by atoms with Crippen LogP contribution in [-0.2, 0) is 19.6 Å². The molecule has 0 aliphatic rings. The standard InChI is InChI=1S/C23H25ClN2O3/c1-15-21(13-25-12-17-6-10-20(29-3)11-7-17)22(23(27)28)16(2)26(15)14-18-4-8-19(24)9-5-18/h4-11,25H,12-14H2,1-3H3,(H,27,28). The number of hydrogen-bond acceptors (Lipinski definition) is 3. The maximum Gasteiger partial charge on any atom is 0.337 e. The monoisotopic (exact) mass is 412 g/mol. The number of halogens is 1. The molecule has 0 unspecified atom stereocenters. The van der Waals surface area contributed by atoms with Crippen LogP contribution in [0.25, 0.3) is 0 Å². The molecule has 0 aliphatic carbocycles. The van der Waals surface area contributed by atoms with Gasteiger partial charge in [0.1, 0.15) is 5.75 Å². The number of aromatic nitrogens is 1. The van der Waals surface area contributed by atoms with Gasteiger partial charge in [-0.25, -0.2) is 4.79 Å². The second-order valence-corrected chi connectivity index (χ2v) is 7.43. The molecule has 1 aromatic heterocycles. The minimum absolute atomic E-state index is 0.374. The van der Waals surface area contributed by atoms with Crippen molar-refractivity contribution in [3.05, 3.63) is 87.2 Å². The molecule has 0 saturated heterocycles. The fraction of sp³-hybridized carbons (Fsp3) is 0.261. The summed E-state index contributed by atoms with van der Waals surface area (Å²) in [4.78, 5) is 11.9. The largest absolute Gasteiger partial charge is 0.497 e. The summed E-state index contributed by atoms with van der Waals surface area (Å²) >= 11 is 5.97. The SMILES string of the molecule is COc1ccc(CNCc2c(C(=O)O)c(C)n(Cc3ccc(Cl)cc3)c2C)cc1. The Bertz CT molecular complexity index is 992. The lowest BCUT2D eigenvalue weighted by Gasteiger charge is -2.11. The van der Waals surface area contributed by atoms with Crippen LogP contribution < -0.4 is 10.1 Å². The maximum absolute atomic E-state index is 11.9. The molecule has 3 aromatic rings. The predicted molar refractivity (Wildman–Crippen MR) is 115 cm³/mol. The highest BCUT2D eigenvalue weighted by Crippen LogP contribution is 2.24. The second kappa shape index (κ2) is 9.16. The molecule has 0 radical (unpaired) electrons. The smallest absolute Gasteiger partial charge is 0.337 e. The first-order valence-electron chi connectivity index (χ1n) is 9.40. The van der Waals surface area contributed by atoms with Gasteiger partial charge in [0, 0.05) is 41.6 Å². The fourth-order valence-electron chi connectivity index (χ4n) is 3.53. The molecule has 0 bridgehead atoms. The lowest BCUT2D eigenvalue weighted by atomic mass is 10.1. The lowest BCUT2D eigenvalue weighted by molar-refractivity contribution is 0.0694. The maximum atomic E-state index is 11.9. The van der Waals surface area contributed by atoms with Crippen molar-refractivity contribution >= 4 is 17.6 Å². The number of carboxylic acid groups (broad SMARTS) is 1. The minimum atomic E-state index is -0.901. The average molecular weight is 413 g/mol. The fourth-order valence-corrected chi connectivity index (χ4v) is 3.66. The van der Waals surface area contributed by atoms with E-state index < -0.39 is 5.97 Å². The van der Waals surface area contributed by atoms with Crippen molar-refractivity contribution in [1.29, 1.82) is 0 Å². The van der Waals surface area contributed by atoms with Crippen molar-refractivity contribution in [1.82, 2.24) is 9.88 Å². The number of nitrogens with zero attached hydrogens (tertiary/aromatic N) is 1. The summed E-state index contributed by atoms with van der Waals surface area (Å²) in [5, 5.41) is 13.8. The van der Waals surface area contributed by atoms with Crippen molar-refractivity contribution in [2.75, 3.05) is 7.11 Å². The minimum Gasteiger partial charge on any atom is -0.497 e. The summed E-state index contributed by atoms with van der Waals surface area (Å²) in [5.41, 5.74) is 5.09. The Kier molecular flexibility index (Phi) is 6.62. The molecule has 0 spiro atoms. The molecular weight excluding hydrogens is 388 g/mol. The molecule has 0 amide bonds. The van der Waals surface area contributed by atoms with Gasteiger partial charge >= 0.3 is 5.97 Å². The Morgan fingerprint density at radius 1 is 1.00 bits per heavy atom.